The third-order valence-corrected chi connectivity index (χ3v) is 4.28. The molecule has 0 saturated carbocycles. The Morgan fingerprint density at radius 2 is 2.09 bits per heavy atom. The van der Waals surface area contributed by atoms with Crippen LogP contribution in [-0.4, -0.2) is 44.0 Å². The molecule has 3 rings (SSSR count). The van der Waals surface area contributed by atoms with Crippen molar-refractivity contribution in [2.75, 3.05) is 18.4 Å². The number of rotatable bonds is 4. The zero-order valence-corrected chi connectivity index (χ0v) is 14.0. The van der Waals surface area contributed by atoms with Gasteiger partial charge in [-0.3, -0.25) is 4.98 Å². The van der Waals surface area contributed by atoms with E-state index in [-0.39, 0.29) is 0 Å². The lowest BCUT2D eigenvalue weighted by molar-refractivity contribution is 0.166. The van der Waals surface area contributed by atoms with Crippen LogP contribution in [0, 0.1) is 6.92 Å². The third kappa shape index (κ3) is 4.01. The minimum absolute atomic E-state index is 0.468. The molecule has 1 saturated heterocycles. The first-order valence-corrected chi connectivity index (χ1v) is 8.24. The molecule has 1 N–H and O–H groups in total. The van der Waals surface area contributed by atoms with Crippen LogP contribution in [0.1, 0.15) is 44.1 Å². The summed E-state index contributed by atoms with van der Waals surface area (Å²) in [4.78, 5) is 20.0. The second-order valence-corrected chi connectivity index (χ2v) is 6.37. The van der Waals surface area contributed by atoms with E-state index in [0.717, 1.165) is 23.9 Å². The SMILES string of the molecule is Cc1nc(Nc2cnccn2)cc(C2CCCN(C(C)C)C2)n1. The Balaban J connectivity index is 1.80. The first-order chi connectivity index (χ1) is 11.1. The Morgan fingerprint density at radius 1 is 1.22 bits per heavy atom. The van der Waals surface area contributed by atoms with E-state index in [1.54, 1.807) is 18.6 Å². The van der Waals surface area contributed by atoms with Crippen molar-refractivity contribution in [1.82, 2.24) is 24.8 Å². The monoisotopic (exact) mass is 312 g/mol. The van der Waals surface area contributed by atoms with Gasteiger partial charge in [-0.2, -0.15) is 0 Å². The molecule has 1 unspecified atom stereocenters. The number of anilines is 2. The van der Waals surface area contributed by atoms with Crippen LogP contribution in [0.5, 0.6) is 0 Å². The molecule has 1 atom stereocenters. The summed E-state index contributed by atoms with van der Waals surface area (Å²) in [6.45, 7) is 8.71. The lowest BCUT2D eigenvalue weighted by Crippen LogP contribution is -2.39. The normalized spacial score (nSPS) is 19.0. The van der Waals surface area contributed by atoms with Crippen molar-refractivity contribution in [3.05, 3.63) is 36.2 Å². The van der Waals surface area contributed by atoms with Gasteiger partial charge in [-0.15, -0.1) is 0 Å². The number of likely N-dealkylation sites (tertiary alicyclic amines) is 1. The summed E-state index contributed by atoms with van der Waals surface area (Å²) in [6, 6.07) is 2.63. The molecule has 0 bridgehead atoms. The van der Waals surface area contributed by atoms with Crippen LogP contribution in [0.25, 0.3) is 0 Å². The van der Waals surface area contributed by atoms with Gasteiger partial charge in [-0.25, -0.2) is 15.0 Å². The van der Waals surface area contributed by atoms with E-state index in [1.807, 2.05) is 6.92 Å². The fraction of sp³-hybridized carbons (Fsp3) is 0.529. The van der Waals surface area contributed by atoms with E-state index in [0.29, 0.717) is 17.8 Å². The smallest absolute Gasteiger partial charge is 0.150 e. The number of piperidine rings is 1. The highest BCUT2D eigenvalue weighted by atomic mass is 15.2. The van der Waals surface area contributed by atoms with Crippen LogP contribution in [0.4, 0.5) is 11.6 Å². The van der Waals surface area contributed by atoms with Gasteiger partial charge in [0.2, 0.25) is 0 Å². The van der Waals surface area contributed by atoms with Crippen LogP contribution in [0.15, 0.2) is 24.7 Å². The number of aromatic nitrogens is 4. The highest BCUT2D eigenvalue weighted by molar-refractivity contribution is 5.50. The van der Waals surface area contributed by atoms with Crippen LogP contribution in [-0.2, 0) is 0 Å². The molecule has 23 heavy (non-hydrogen) atoms. The Morgan fingerprint density at radius 3 is 2.83 bits per heavy atom. The van der Waals surface area contributed by atoms with Gasteiger partial charge < -0.3 is 10.2 Å². The summed E-state index contributed by atoms with van der Waals surface area (Å²) < 4.78 is 0. The van der Waals surface area contributed by atoms with Gasteiger partial charge in [0, 0.05) is 37.0 Å². The summed E-state index contributed by atoms with van der Waals surface area (Å²) in [5, 5.41) is 3.22. The first kappa shape index (κ1) is 15.8. The average Bonchev–Trinajstić information content (AvgIpc) is 2.55. The van der Waals surface area contributed by atoms with Crippen LogP contribution in [0.2, 0.25) is 0 Å². The highest BCUT2D eigenvalue weighted by Gasteiger charge is 2.24. The van der Waals surface area contributed by atoms with E-state index in [4.69, 9.17) is 0 Å². The molecule has 0 radical (unpaired) electrons. The fourth-order valence-corrected chi connectivity index (χ4v) is 3.08. The summed E-state index contributed by atoms with van der Waals surface area (Å²) in [5.41, 5.74) is 1.12. The van der Waals surface area contributed by atoms with E-state index >= 15 is 0 Å². The summed E-state index contributed by atoms with van der Waals surface area (Å²) in [6.07, 6.45) is 7.42. The van der Waals surface area contributed by atoms with Crippen molar-refractivity contribution in [2.24, 2.45) is 0 Å². The van der Waals surface area contributed by atoms with Crippen LogP contribution in [0.3, 0.4) is 0 Å². The van der Waals surface area contributed by atoms with Crippen molar-refractivity contribution in [3.63, 3.8) is 0 Å². The molecule has 0 spiro atoms. The first-order valence-electron chi connectivity index (χ1n) is 8.24. The number of hydrogen-bond acceptors (Lipinski definition) is 6. The maximum atomic E-state index is 4.68. The Bertz CT molecular complexity index is 643. The summed E-state index contributed by atoms with van der Waals surface area (Å²) in [5.74, 6) is 2.74. The van der Waals surface area contributed by atoms with E-state index < -0.39 is 0 Å². The zero-order valence-electron chi connectivity index (χ0n) is 14.0. The fourth-order valence-electron chi connectivity index (χ4n) is 3.08. The Kier molecular flexibility index (Phi) is 4.81. The molecule has 6 heteroatoms. The maximum Gasteiger partial charge on any atom is 0.150 e. The molecule has 0 aromatic carbocycles. The standard InChI is InChI=1S/C17H24N6/c1-12(2)23-8-4-5-14(11-23)15-9-16(21-13(3)20-15)22-17-10-18-6-7-19-17/h6-7,9-10,12,14H,4-5,8,11H2,1-3H3,(H,19,20,21,22). The van der Waals surface area contributed by atoms with Crippen molar-refractivity contribution >= 4 is 11.6 Å². The largest absolute Gasteiger partial charge is 0.324 e. The van der Waals surface area contributed by atoms with Gasteiger partial charge in [-0.1, -0.05) is 0 Å². The maximum absolute atomic E-state index is 4.68. The van der Waals surface area contributed by atoms with Crippen molar-refractivity contribution in [3.8, 4) is 0 Å². The van der Waals surface area contributed by atoms with E-state index in [2.05, 4.69) is 50.1 Å². The Labute approximate surface area is 137 Å². The molecular weight excluding hydrogens is 288 g/mol. The number of nitrogens with one attached hydrogen (secondary N) is 1. The van der Waals surface area contributed by atoms with Gasteiger partial charge in [0.15, 0.2) is 0 Å². The lowest BCUT2D eigenvalue weighted by Gasteiger charge is -2.35. The molecule has 0 amide bonds. The average molecular weight is 312 g/mol. The lowest BCUT2D eigenvalue weighted by atomic mass is 9.93. The second-order valence-electron chi connectivity index (χ2n) is 6.37. The van der Waals surface area contributed by atoms with Crippen molar-refractivity contribution in [1.29, 1.82) is 0 Å². The molecule has 6 nitrogen and oxygen atoms in total. The van der Waals surface area contributed by atoms with E-state index in [1.165, 1.54) is 19.4 Å². The van der Waals surface area contributed by atoms with E-state index in [9.17, 15) is 0 Å². The Hall–Kier alpha value is -2.08. The van der Waals surface area contributed by atoms with Crippen LogP contribution < -0.4 is 5.32 Å². The molecular formula is C17H24N6. The molecule has 3 heterocycles. The van der Waals surface area contributed by atoms with Gasteiger partial charge in [0.05, 0.1) is 11.9 Å². The summed E-state index contributed by atoms with van der Waals surface area (Å²) in [7, 11) is 0. The predicted octanol–water partition coefficient (Wildman–Crippen LogP) is 2.91. The van der Waals surface area contributed by atoms with Crippen LogP contribution >= 0.6 is 0 Å². The van der Waals surface area contributed by atoms with Gasteiger partial charge in [0.1, 0.15) is 17.5 Å². The quantitative estimate of drug-likeness (QED) is 0.936. The van der Waals surface area contributed by atoms with Gasteiger partial charge in [0.25, 0.3) is 0 Å². The molecule has 2 aromatic heterocycles. The molecule has 1 aliphatic rings. The predicted molar refractivity (Wildman–Crippen MR) is 90.8 cm³/mol. The zero-order chi connectivity index (χ0) is 16.2. The topological polar surface area (TPSA) is 66.8 Å². The van der Waals surface area contributed by atoms with Gasteiger partial charge in [-0.05, 0) is 40.2 Å². The minimum Gasteiger partial charge on any atom is -0.324 e. The molecule has 0 aliphatic carbocycles. The number of nitrogens with zero attached hydrogens (tertiary/aromatic N) is 5. The highest BCUT2D eigenvalue weighted by Crippen LogP contribution is 2.28. The molecule has 2 aromatic rings. The summed E-state index contributed by atoms with van der Waals surface area (Å²) >= 11 is 0. The molecule has 1 fully saturated rings. The number of hydrogen-bond donors (Lipinski definition) is 1. The molecule has 1 aliphatic heterocycles. The number of aryl methyl sites for hydroxylation is 1. The minimum atomic E-state index is 0.468. The van der Waals surface area contributed by atoms with Gasteiger partial charge >= 0.3 is 0 Å². The second kappa shape index (κ2) is 7.00. The third-order valence-electron chi connectivity index (χ3n) is 4.28. The van der Waals surface area contributed by atoms with Crippen molar-refractivity contribution < 1.29 is 0 Å². The van der Waals surface area contributed by atoms with Crippen molar-refractivity contribution in [2.45, 2.75) is 45.6 Å². The molecule has 122 valence electrons.